The Labute approximate surface area is 243 Å². The van der Waals surface area contributed by atoms with Crippen LogP contribution in [-0.2, 0) is 32.6 Å². The number of anilines is 1. The van der Waals surface area contributed by atoms with Crippen LogP contribution in [0.4, 0.5) is 18.9 Å². The molecule has 1 aliphatic carbocycles. The smallest absolute Gasteiger partial charge is 0.338 e. The van der Waals surface area contributed by atoms with Crippen LogP contribution in [0, 0.1) is 0 Å². The van der Waals surface area contributed by atoms with Gasteiger partial charge in [-0.2, -0.15) is 18.2 Å². The lowest BCUT2D eigenvalue weighted by molar-refractivity contribution is -0.137. The van der Waals surface area contributed by atoms with Gasteiger partial charge < -0.3 is 9.84 Å². The summed E-state index contributed by atoms with van der Waals surface area (Å²) in [6.07, 6.45) is -3.24. The van der Waals surface area contributed by atoms with Crippen molar-refractivity contribution in [3.05, 3.63) is 93.3 Å². The summed E-state index contributed by atoms with van der Waals surface area (Å²) in [5.41, 5.74) is 0.368. The molecule has 0 atom stereocenters. The lowest BCUT2D eigenvalue weighted by atomic mass is 9.95. The summed E-state index contributed by atoms with van der Waals surface area (Å²) in [5.74, 6) is 0.00602. The van der Waals surface area contributed by atoms with Crippen molar-refractivity contribution in [3.63, 3.8) is 0 Å². The van der Waals surface area contributed by atoms with Gasteiger partial charge in [0.15, 0.2) is 9.84 Å². The standard InChI is InChI=1S/C28H22Cl2F3N3O4S/c1-2-41(38,39)20-9-3-16(4-10-20)13-23(37)34-19-14-21(29)24(22(30)15-19)27(11-12-27)26-35-25(36-40-26)17-5-7-18(8-6-17)28(31,32)33/h3-10,14-15H,2,11-13H2,1H3,(H,34,37). The third-order valence-electron chi connectivity index (χ3n) is 6.89. The van der Waals surface area contributed by atoms with Gasteiger partial charge in [0.05, 0.1) is 28.0 Å². The third-order valence-corrected chi connectivity index (χ3v) is 9.23. The highest BCUT2D eigenvalue weighted by Gasteiger charge is 2.53. The monoisotopic (exact) mass is 623 g/mol. The number of benzene rings is 3. The maximum absolute atomic E-state index is 12.9. The minimum absolute atomic E-state index is 0.00207. The van der Waals surface area contributed by atoms with Gasteiger partial charge in [0.25, 0.3) is 0 Å². The Morgan fingerprint density at radius 1 is 1.02 bits per heavy atom. The number of carbonyl (C=O) groups is 1. The number of aromatic nitrogens is 2. The van der Waals surface area contributed by atoms with E-state index < -0.39 is 27.0 Å². The first-order valence-electron chi connectivity index (χ1n) is 12.5. The van der Waals surface area contributed by atoms with Crippen LogP contribution in [0.1, 0.15) is 42.3 Å². The van der Waals surface area contributed by atoms with E-state index in [1.165, 1.54) is 24.3 Å². The number of nitrogens with one attached hydrogen (secondary N) is 1. The van der Waals surface area contributed by atoms with Gasteiger partial charge in [0.2, 0.25) is 17.6 Å². The molecular weight excluding hydrogens is 602 g/mol. The highest BCUT2D eigenvalue weighted by atomic mass is 35.5. The molecule has 7 nitrogen and oxygen atoms in total. The van der Waals surface area contributed by atoms with Crippen LogP contribution in [0.3, 0.4) is 0 Å². The lowest BCUT2D eigenvalue weighted by Crippen LogP contribution is -2.16. The van der Waals surface area contributed by atoms with Crippen LogP contribution in [0.25, 0.3) is 11.4 Å². The van der Waals surface area contributed by atoms with Crippen molar-refractivity contribution in [3.8, 4) is 11.4 Å². The largest absolute Gasteiger partial charge is 0.416 e. The average molecular weight is 624 g/mol. The number of nitrogens with zero attached hydrogens (tertiary/aromatic N) is 2. The van der Waals surface area contributed by atoms with Gasteiger partial charge in [-0.1, -0.05) is 59.5 Å². The van der Waals surface area contributed by atoms with Gasteiger partial charge in [-0.05, 0) is 54.8 Å². The first kappa shape index (κ1) is 29.1. The predicted molar refractivity (Wildman–Crippen MR) is 148 cm³/mol. The number of hydrogen-bond donors (Lipinski definition) is 1. The second-order valence-corrected chi connectivity index (χ2v) is 12.8. The van der Waals surface area contributed by atoms with Crippen molar-refractivity contribution >= 4 is 44.6 Å². The fourth-order valence-corrected chi connectivity index (χ4v) is 6.25. The van der Waals surface area contributed by atoms with Crippen LogP contribution in [0.15, 0.2) is 70.1 Å². The molecule has 1 aromatic heterocycles. The summed E-state index contributed by atoms with van der Waals surface area (Å²) < 4.78 is 68.2. The molecule has 1 N–H and O–H groups in total. The minimum Gasteiger partial charge on any atom is -0.338 e. The summed E-state index contributed by atoms with van der Waals surface area (Å²) in [6.45, 7) is 1.56. The molecule has 1 aliphatic rings. The molecule has 41 heavy (non-hydrogen) atoms. The molecule has 0 aliphatic heterocycles. The molecule has 1 fully saturated rings. The van der Waals surface area contributed by atoms with E-state index in [9.17, 15) is 26.4 Å². The van der Waals surface area contributed by atoms with E-state index in [-0.39, 0.29) is 44.7 Å². The summed E-state index contributed by atoms with van der Waals surface area (Å²) >= 11 is 13.2. The number of halogens is 5. The molecule has 5 rings (SSSR count). The number of rotatable bonds is 8. The molecule has 4 aromatic rings. The molecule has 13 heteroatoms. The zero-order valence-electron chi connectivity index (χ0n) is 21.4. The van der Waals surface area contributed by atoms with E-state index in [1.807, 2.05) is 0 Å². The van der Waals surface area contributed by atoms with Crippen LogP contribution in [0.5, 0.6) is 0 Å². The summed E-state index contributed by atoms with van der Waals surface area (Å²) in [7, 11) is -3.33. The van der Waals surface area contributed by atoms with E-state index >= 15 is 0 Å². The molecule has 0 spiro atoms. The van der Waals surface area contributed by atoms with Gasteiger partial charge in [-0.25, -0.2) is 8.42 Å². The van der Waals surface area contributed by atoms with Gasteiger partial charge in [-0.15, -0.1) is 0 Å². The quantitative estimate of drug-likeness (QED) is 0.224. The van der Waals surface area contributed by atoms with Crippen molar-refractivity contribution in [2.24, 2.45) is 0 Å². The van der Waals surface area contributed by atoms with Crippen molar-refractivity contribution in [1.82, 2.24) is 10.1 Å². The highest BCUT2D eigenvalue weighted by Crippen LogP contribution is 2.57. The predicted octanol–water partition coefficient (Wildman–Crippen LogP) is 7.12. The molecule has 1 saturated carbocycles. The van der Waals surface area contributed by atoms with Gasteiger partial charge in [0, 0.05) is 26.9 Å². The van der Waals surface area contributed by atoms with E-state index in [0.29, 0.717) is 35.2 Å². The molecule has 1 heterocycles. The summed E-state index contributed by atoms with van der Waals surface area (Å²) in [4.78, 5) is 17.3. The van der Waals surface area contributed by atoms with Crippen molar-refractivity contribution in [2.45, 2.75) is 42.7 Å². The normalized spacial score (nSPS) is 14.6. The van der Waals surface area contributed by atoms with E-state index in [2.05, 4.69) is 15.5 Å². The summed E-state index contributed by atoms with van der Waals surface area (Å²) in [6, 6.07) is 13.7. The van der Waals surface area contributed by atoms with Gasteiger partial charge >= 0.3 is 6.18 Å². The molecular formula is C28H22Cl2F3N3O4S. The fourth-order valence-electron chi connectivity index (χ4n) is 4.51. The van der Waals surface area contributed by atoms with Crippen LogP contribution in [-0.4, -0.2) is 30.2 Å². The zero-order valence-corrected chi connectivity index (χ0v) is 23.8. The molecule has 1 amide bonds. The topological polar surface area (TPSA) is 102 Å². The number of amides is 1. The van der Waals surface area contributed by atoms with Gasteiger partial charge in [-0.3, -0.25) is 4.79 Å². The average Bonchev–Trinajstić information content (AvgIpc) is 3.54. The Kier molecular flexibility index (Phi) is 7.65. The lowest BCUT2D eigenvalue weighted by Gasteiger charge is -2.17. The number of carbonyl (C=O) groups excluding carboxylic acids is 1. The highest BCUT2D eigenvalue weighted by molar-refractivity contribution is 7.91. The fraction of sp³-hybridized carbons (Fsp3) is 0.250. The Bertz CT molecular complexity index is 1690. The second-order valence-electron chi connectivity index (χ2n) is 9.67. The molecule has 3 aromatic carbocycles. The Morgan fingerprint density at radius 2 is 1.63 bits per heavy atom. The number of sulfone groups is 1. The van der Waals surface area contributed by atoms with E-state index in [1.54, 1.807) is 31.2 Å². The van der Waals surface area contributed by atoms with Gasteiger partial charge in [0.1, 0.15) is 0 Å². The van der Waals surface area contributed by atoms with Crippen molar-refractivity contribution in [2.75, 3.05) is 11.1 Å². The molecule has 0 radical (unpaired) electrons. The van der Waals surface area contributed by atoms with E-state index in [4.69, 9.17) is 27.7 Å². The second kappa shape index (κ2) is 10.8. The maximum Gasteiger partial charge on any atom is 0.416 e. The van der Waals surface area contributed by atoms with Crippen LogP contribution in [0.2, 0.25) is 10.0 Å². The SMILES string of the molecule is CCS(=O)(=O)c1ccc(CC(=O)Nc2cc(Cl)c(C3(c4nc(-c5ccc(C(F)(F)F)cc5)no4)CC3)c(Cl)c2)cc1. The first-order valence-corrected chi connectivity index (χ1v) is 14.9. The maximum atomic E-state index is 12.9. The Morgan fingerprint density at radius 3 is 2.17 bits per heavy atom. The van der Waals surface area contributed by atoms with Crippen LogP contribution >= 0.6 is 23.2 Å². The Balaban J connectivity index is 1.31. The zero-order chi connectivity index (χ0) is 29.6. The van der Waals surface area contributed by atoms with Crippen LogP contribution < -0.4 is 5.32 Å². The van der Waals surface area contributed by atoms with E-state index in [0.717, 1.165) is 12.1 Å². The third kappa shape index (κ3) is 5.98. The van der Waals surface area contributed by atoms with Crippen molar-refractivity contribution < 1.29 is 30.9 Å². The minimum atomic E-state index is -4.45. The van der Waals surface area contributed by atoms with Crippen molar-refractivity contribution in [1.29, 1.82) is 0 Å². The molecule has 214 valence electrons. The molecule has 0 saturated heterocycles. The molecule has 0 bridgehead atoms. The molecule has 0 unspecified atom stereocenters. The first-order chi connectivity index (χ1) is 19.3. The number of hydrogen-bond acceptors (Lipinski definition) is 6. The Hall–Kier alpha value is -3.41. The number of alkyl halides is 3. The summed E-state index contributed by atoms with van der Waals surface area (Å²) in [5, 5.41) is 7.24.